The normalized spacial score (nSPS) is 11.3. The van der Waals surface area contributed by atoms with Crippen molar-refractivity contribution in [1.29, 1.82) is 0 Å². The minimum absolute atomic E-state index is 0.614. The highest BCUT2D eigenvalue weighted by Crippen LogP contribution is 1.91. The predicted octanol–water partition coefficient (Wildman–Crippen LogP) is 2.08. The Morgan fingerprint density at radius 3 is 3.00 bits per heavy atom. The SMILES string of the molecule is [3H]c1cc(C)cc[n+]1CCCC. The maximum Gasteiger partial charge on any atom is 0.169 e. The van der Waals surface area contributed by atoms with Gasteiger partial charge in [-0.1, -0.05) is 13.3 Å². The van der Waals surface area contributed by atoms with Crippen molar-refractivity contribution >= 4 is 0 Å². The van der Waals surface area contributed by atoms with Crippen LogP contribution in [0.25, 0.3) is 0 Å². The van der Waals surface area contributed by atoms with Gasteiger partial charge < -0.3 is 0 Å². The van der Waals surface area contributed by atoms with E-state index in [0.29, 0.717) is 6.17 Å². The van der Waals surface area contributed by atoms with E-state index in [9.17, 15) is 0 Å². The molecule has 1 nitrogen and oxygen atoms in total. The molecule has 0 atom stereocenters. The molecule has 1 aromatic heterocycles. The minimum atomic E-state index is 0.614. The standard InChI is InChI=1S/C10H16N/c1-3-4-7-11-8-5-10(2)6-9-11/h5-6,8-9H,3-4,7H2,1-2H3/q+1/i8T. The van der Waals surface area contributed by atoms with Gasteiger partial charge in [-0.05, 0) is 12.5 Å². The molecule has 0 aliphatic rings. The maximum absolute atomic E-state index is 7.65. The van der Waals surface area contributed by atoms with Crippen LogP contribution in [0, 0.1) is 6.92 Å². The molecular weight excluding hydrogens is 134 g/mol. The van der Waals surface area contributed by atoms with Gasteiger partial charge in [-0.2, -0.15) is 0 Å². The Bertz CT molecular complexity index is 258. The van der Waals surface area contributed by atoms with Gasteiger partial charge in [0.25, 0.3) is 0 Å². The third-order valence-corrected chi connectivity index (χ3v) is 1.73. The molecule has 0 saturated heterocycles. The van der Waals surface area contributed by atoms with Crippen molar-refractivity contribution in [3.05, 3.63) is 30.1 Å². The van der Waals surface area contributed by atoms with Crippen molar-refractivity contribution in [3.8, 4) is 0 Å². The van der Waals surface area contributed by atoms with Gasteiger partial charge in [-0.15, -0.1) is 0 Å². The largest absolute Gasteiger partial charge is 0.205 e. The van der Waals surface area contributed by atoms with Crippen LogP contribution < -0.4 is 4.57 Å². The molecule has 0 aliphatic carbocycles. The molecule has 0 bridgehead atoms. The zero-order valence-electron chi connectivity index (χ0n) is 8.30. The molecular formula is C10H16N+. The van der Waals surface area contributed by atoms with E-state index in [4.69, 9.17) is 1.37 Å². The van der Waals surface area contributed by atoms with Crippen LogP contribution in [0.3, 0.4) is 0 Å². The van der Waals surface area contributed by atoms with Crippen LogP contribution >= 0.6 is 0 Å². The summed E-state index contributed by atoms with van der Waals surface area (Å²) in [5.74, 6) is 0. The Morgan fingerprint density at radius 1 is 1.55 bits per heavy atom. The monoisotopic (exact) mass is 152 g/mol. The lowest BCUT2D eigenvalue weighted by molar-refractivity contribution is -0.697. The maximum atomic E-state index is 7.65. The quantitative estimate of drug-likeness (QED) is 0.584. The second-order valence-electron chi connectivity index (χ2n) is 2.88. The van der Waals surface area contributed by atoms with Crippen LogP contribution in [0.1, 0.15) is 26.7 Å². The van der Waals surface area contributed by atoms with E-state index in [-0.39, 0.29) is 0 Å². The van der Waals surface area contributed by atoms with Gasteiger partial charge in [0.1, 0.15) is 7.92 Å². The number of hydrogen-bond donors (Lipinski definition) is 0. The Hall–Kier alpha value is -0.850. The summed E-state index contributed by atoms with van der Waals surface area (Å²) in [6, 6.07) is 3.95. The lowest BCUT2D eigenvalue weighted by atomic mass is 10.3. The summed E-state index contributed by atoms with van der Waals surface area (Å²) in [6.45, 7) is 5.15. The molecule has 60 valence electrons. The summed E-state index contributed by atoms with van der Waals surface area (Å²) in [5, 5.41) is 0. The van der Waals surface area contributed by atoms with Crippen molar-refractivity contribution in [3.63, 3.8) is 0 Å². The number of aryl methyl sites for hydroxylation is 2. The zero-order chi connectivity index (χ0) is 8.97. The van der Waals surface area contributed by atoms with Gasteiger partial charge in [0.05, 0.1) is 0 Å². The highest BCUT2D eigenvalue weighted by Gasteiger charge is 1.95. The summed E-state index contributed by atoms with van der Waals surface area (Å²) in [5.41, 5.74) is 1.16. The van der Waals surface area contributed by atoms with Gasteiger partial charge in [0, 0.05) is 18.6 Å². The molecule has 0 N–H and O–H groups in total. The third kappa shape index (κ3) is 2.71. The van der Waals surface area contributed by atoms with Crippen molar-refractivity contribution in [1.82, 2.24) is 0 Å². The zero-order valence-corrected chi connectivity index (χ0v) is 7.30. The fourth-order valence-electron chi connectivity index (χ4n) is 0.951. The molecule has 1 aromatic rings. The van der Waals surface area contributed by atoms with Crippen molar-refractivity contribution < 1.29 is 5.94 Å². The molecule has 1 heteroatoms. The molecule has 0 saturated carbocycles. The summed E-state index contributed by atoms with van der Waals surface area (Å²) in [4.78, 5) is 0. The van der Waals surface area contributed by atoms with E-state index < -0.39 is 0 Å². The number of rotatable bonds is 3. The Morgan fingerprint density at radius 2 is 2.36 bits per heavy atom. The Balaban J connectivity index is 2.72. The summed E-state index contributed by atoms with van der Waals surface area (Å²) in [6.07, 6.45) is 4.94. The average Bonchev–Trinajstić information content (AvgIpc) is 2.03. The van der Waals surface area contributed by atoms with E-state index in [1.807, 2.05) is 29.8 Å². The van der Waals surface area contributed by atoms with Gasteiger partial charge in [0.15, 0.2) is 12.4 Å². The highest BCUT2D eigenvalue weighted by atomic mass is 14.9. The Labute approximate surface area is 70.1 Å². The first-order valence-electron chi connectivity index (χ1n) is 4.70. The van der Waals surface area contributed by atoms with Crippen LogP contribution in [-0.2, 0) is 6.54 Å². The average molecular weight is 152 g/mol. The molecule has 0 aromatic carbocycles. The highest BCUT2D eigenvalue weighted by molar-refractivity contribution is 5.03. The van der Waals surface area contributed by atoms with Gasteiger partial charge in [-0.25, -0.2) is 4.57 Å². The minimum Gasteiger partial charge on any atom is -0.205 e. The van der Waals surface area contributed by atoms with Crippen LogP contribution in [0.4, 0.5) is 0 Å². The van der Waals surface area contributed by atoms with Crippen LogP contribution in [0.2, 0.25) is 0 Å². The first-order chi connectivity index (χ1) is 5.74. The van der Waals surface area contributed by atoms with Crippen molar-refractivity contribution in [2.75, 3.05) is 0 Å². The van der Waals surface area contributed by atoms with Crippen LogP contribution in [0.5, 0.6) is 0 Å². The first-order valence-corrected chi connectivity index (χ1v) is 4.20. The van der Waals surface area contributed by atoms with Gasteiger partial charge in [0.2, 0.25) is 0 Å². The topological polar surface area (TPSA) is 3.88 Å². The number of aromatic nitrogens is 1. The number of nitrogens with zero attached hydrogens (tertiary/aromatic N) is 1. The fourth-order valence-corrected chi connectivity index (χ4v) is 0.951. The Kier molecular flexibility index (Phi) is 2.56. The lowest BCUT2D eigenvalue weighted by Gasteiger charge is -1.94. The smallest absolute Gasteiger partial charge is 0.169 e. The van der Waals surface area contributed by atoms with Crippen molar-refractivity contribution in [2.45, 2.75) is 33.2 Å². The van der Waals surface area contributed by atoms with Gasteiger partial charge >= 0.3 is 0 Å². The van der Waals surface area contributed by atoms with Gasteiger partial charge in [-0.3, -0.25) is 0 Å². The summed E-state index contributed by atoms with van der Waals surface area (Å²) >= 11 is 0. The van der Waals surface area contributed by atoms with E-state index in [0.717, 1.165) is 18.5 Å². The van der Waals surface area contributed by atoms with Crippen LogP contribution in [-0.4, -0.2) is 0 Å². The molecule has 0 unspecified atom stereocenters. The van der Waals surface area contributed by atoms with Crippen molar-refractivity contribution in [2.24, 2.45) is 0 Å². The second-order valence-corrected chi connectivity index (χ2v) is 2.88. The fraction of sp³-hybridized carbons (Fsp3) is 0.500. The molecule has 11 heavy (non-hydrogen) atoms. The van der Waals surface area contributed by atoms with E-state index >= 15 is 0 Å². The molecule has 1 heterocycles. The first kappa shape index (κ1) is 6.84. The molecule has 1 rings (SSSR count). The molecule has 0 aliphatic heterocycles. The molecule has 0 fully saturated rings. The number of hydrogen-bond acceptors (Lipinski definition) is 0. The van der Waals surface area contributed by atoms with Crippen LogP contribution in [0.15, 0.2) is 24.5 Å². The predicted molar refractivity (Wildman–Crippen MR) is 46.3 cm³/mol. The van der Waals surface area contributed by atoms with E-state index in [1.165, 1.54) is 6.42 Å². The van der Waals surface area contributed by atoms with E-state index in [2.05, 4.69) is 6.92 Å². The van der Waals surface area contributed by atoms with E-state index in [1.54, 1.807) is 0 Å². The summed E-state index contributed by atoms with van der Waals surface area (Å²) < 4.78 is 9.64. The number of pyridine rings is 1. The summed E-state index contributed by atoms with van der Waals surface area (Å²) in [7, 11) is 0. The molecule has 0 radical (unpaired) electrons. The molecule has 0 spiro atoms. The third-order valence-electron chi connectivity index (χ3n) is 1.73. The number of unbranched alkanes of at least 4 members (excludes halogenated alkanes) is 1. The lowest BCUT2D eigenvalue weighted by Crippen LogP contribution is -2.32. The second kappa shape index (κ2) is 4.12. The molecule has 0 amide bonds.